The monoisotopic (exact) mass is 480 g/mol. The molecule has 1 unspecified atom stereocenters. The molecule has 0 aliphatic heterocycles. The lowest BCUT2D eigenvalue weighted by molar-refractivity contribution is 0.391. The van der Waals surface area contributed by atoms with Gasteiger partial charge >= 0.3 is 0 Å². The normalized spacial score (nSPS) is 12.1. The van der Waals surface area contributed by atoms with Gasteiger partial charge in [-0.15, -0.1) is 0 Å². The molecule has 0 amide bonds. The molecular weight excluding hydrogens is 455 g/mol. The summed E-state index contributed by atoms with van der Waals surface area (Å²) in [5, 5.41) is 14.3. The number of hydrogen-bond donors (Lipinski definition) is 2. The third-order valence-corrected chi connectivity index (χ3v) is 6.42. The molecule has 9 heteroatoms. The Morgan fingerprint density at radius 2 is 1.56 bits per heavy atom. The van der Waals surface area contributed by atoms with Gasteiger partial charge in [-0.25, -0.2) is 9.07 Å². The Morgan fingerprint density at radius 1 is 0.941 bits per heavy atom. The van der Waals surface area contributed by atoms with E-state index < -0.39 is 17.3 Å². The summed E-state index contributed by atoms with van der Waals surface area (Å²) in [4.78, 5) is 27.3. The first-order valence-electron chi connectivity index (χ1n) is 11.0. The maximum absolute atomic E-state index is 13.8. The second-order valence-electron chi connectivity index (χ2n) is 7.92. The SMILES string of the molecule is CCn1c(O)c(C(c2ccc(F)cc2)c2c(C)[nH]n(-c3ccccc3)c2=O)c(=O)n(CC)c1=S. The smallest absolute Gasteiger partial charge is 0.275 e. The molecular formula is C25H25FN4O3S. The Labute approximate surface area is 200 Å². The third-order valence-electron chi connectivity index (χ3n) is 5.98. The first-order chi connectivity index (χ1) is 16.3. The van der Waals surface area contributed by atoms with Crippen LogP contribution in [0.2, 0.25) is 0 Å². The number of aromatic amines is 1. The number of H-pyrrole nitrogens is 1. The van der Waals surface area contributed by atoms with Crippen molar-refractivity contribution in [3.8, 4) is 11.6 Å². The van der Waals surface area contributed by atoms with Gasteiger partial charge in [0.25, 0.3) is 11.1 Å². The van der Waals surface area contributed by atoms with Crippen molar-refractivity contribution < 1.29 is 9.50 Å². The van der Waals surface area contributed by atoms with Crippen LogP contribution < -0.4 is 11.1 Å². The van der Waals surface area contributed by atoms with Crippen LogP contribution in [0.25, 0.3) is 5.69 Å². The summed E-state index contributed by atoms with van der Waals surface area (Å²) in [6.07, 6.45) is 0. The first kappa shape index (κ1) is 23.4. The molecule has 2 N–H and O–H groups in total. The minimum atomic E-state index is -0.951. The summed E-state index contributed by atoms with van der Waals surface area (Å²) in [6.45, 7) is 5.95. The van der Waals surface area contributed by atoms with Gasteiger partial charge < -0.3 is 5.11 Å². The fraction of sp³-hybridized carbons (Fsp3) is 0.240. The third kappa shape index (κ3) is 3.81. The van der Waals surface area contributed by atoms with E-state index in [0.717, 1.165) is 0 Å². The van der Waals surface area contributed by atoms with Gasteiger partial charge in [0.15, 0.2) is 4.77 Å². The molecule has 0 aliphatic carbocycles. The van der Waals surface area contributed by atoms with Gasteiger partial charge in [0.1, 0.15) is 5.82 Å². The van der Waals surface area contributed by atoms with E-state index >= 15 is 0 Å². The zero-order valence-corrected chi connectivity index (χ0v) is 19.9. The van der Waals surface area contributed by atoms with Crippen molar-refractivity contribution in [1.82, 2.24) is 18.9 Å². The van der Waals surface area contributed by atoms with Crippen LogP contribution in [-0.4, -0.2) is 24.0 Å². The molecule has 4 rings (SSSR count). The van der Waals surface area contributed by atoms with E-state index in [0.29, 0.717) is 30.0 Å². The Kier molecular flexibility index (Phi) is 6.39. The van der Waals surface area contributed by atoms with Crippen molar-refractivity contribution >= 4 is 12.2 Å². The average Bonchev–Trinajstić information content (AvgIpc) is 3.12. The second kappa shape index (κ2) is 9.26. The van der Waals surface area contributed by atoms with Crippen molar-refractivity contribution in [3.63, 3.8) is 0 Å². The highest BCUT2D eigenvalue weighted by atomic mass is 32.1. The van der Waals surface area contributed by atoms with Crippen LogP contribution in [0.1, 0.15) is 42.1 Å². The summed E-state index contributed by atoms with van der Waals surface area (Å²) in [5.74, 6) is -1.70. The Bertz CT molecular complexity index is 1520. The molecule has 0 bridgehead atoms. The van der Waals surface area contributed by atoms with Gasteiger partial charge in [0.05, 0.1) is 22.7 Å². The van der Waals surface area contributed by atoms with Gasteiger partial charge in [0, 0.05) is 18.8 Å². The molecule has 176 valence electrons. The lowest BCUT2D eigenvalue weighted by Gasteiger charge is -2.22. The Morgan fingerprint density at radius 3 is 2.15 bits per heavy atom. The largest absolute Gasteiger partial charge is 0.494 e. The van der Waals surface area contributed by atoms with E-state index in [1.165, 1.54) is 38.1 Å². The molecule has 2 heterocycles. The highest BCUT2D eigenvalue weighted by molar-refractivity contribution is 7.71. The summed E-state index contributed by atoms with van der Waals surface area (Å²) in [6, 6.07) is 14.6. The van der Waals surface area contributed by atoms with Crippen molar-refractivity contribution in [2.75, 3.05) is 0 Å². The highest BCUT2D eigenvalue weighted by Gasteiger charge is 2.32. The fourth-order valence-electron chi connectivity index (χ4n) is 4.32. The average molecular weight is 481 g/mol. The van der Waals surface area contributed by atoms with E-state index in [-0.39, 0.29) is 27.3 Å². The molecule has 1 atom stereocenters. The van der Waals surface area contributed by atoms with Crippen LogP contribution in [-0.2, 0) is 13.1 Å². The van der Waals surface area contributed by atoms with Gasteiger partial charge in [-0.3, -0.25) is 23.8 Å². The lowest BCUT2D eigenvalue weighted by atomic mass is 9.86. The van der Waals surface area contributed by atoms with Crippen LogP contribution >= 0.6 is 12.2 Å². The Hall–Kier alpha value is -3.72. The minimum absolute atomic E-state index is 0.0170. The van der Waals surface area contributed by atoms with Crippen LogP contribution in [0.4, 0.5) is 4.39 Å². The van der Waals surface area contributed by atoms with Crippen molar-refractivity contribution in [3.05, 3.63) is 108 Å². The molecule has 0 radical (unpaired) electrons. The number of halogens is 1. The predicted molar refractivity (Wildman–Crippen MR) is 131 cm³/mol. The number of para-hydroxylation sites is 1. The zero-order chi connectivity index (χ0) is 24.6. The van der Waals surface area contributed by atoms with Gasteiger partial charge in [-0.2, -0.15) is 0 Å². The highest BCUT2D eigenvalue weighted by Crippen LogP contribution is 2.35. The lowest BCUT2D eigenvalue weighted by Crippen LogP contribution is -2.32. The maximum Gasteiger partial charge on any atom is 0.275 e. The number of benzene rings is 2. The Balaban J connectivity index is 2.11. The van der Waals surface area contributed by atoms with Gasteiger partial charge in [0.2, 0.25) is 5.88 Å². The van der Waals surface area contributed by atoms with Gasteiger partial charge in [-0.05, 0) is 62.8 Å². The summed E-state index contributed by atoms with van der Waals surface area (Å²) >= 11 is 5.43. The van der Waals surface area contributed by atoms with Crippen LogP contribution in [0, 0.1) is 17.5 Å². The van der Waals surface area contributed by atoms with Crippen molar-refractivity contribution in [2.24, 2.45) is 0 Å². The maximum atomic E-state index is 13.8. The standard InChI is InChI=1S/C25H25FN4O3S/c1-4-28-22(31)21(23(32)29(5-2)25(28)34)20(16-11-13-17(26)14-12-16)19-15(3)27-30(24(19)33)18-9-7-6-8-10-18/h6-14,20,27,31H,4-5H2,1-3H3. The minimum Gasteiger partial charge on any atom is -0.494 e. The summed E-state index contributed by atoms with van der Waals surface area (Å²) in [7, 11) is 0. The van der Waals surface area contributed by atoms with Crippen LogP contribution in [0.15, 0.2) is 64.2 Å². The van der Waals surface area contributed by atoms with Crippen molar-refractivity contribution in [1.29, 1.82) is 0 Å². The molecule has 0 saturated heterocycles. The molecule has 2 aromatic carbocycles. The van der Waals surface area contributed by atoms with E-state index in [9.17, 15) is 19.1 Å². The summed E-state index contributed by atoms with van der Waals surface area (Å²) in [5.41, 5.74) is 1.08. The van der Waals surface area contributed by atoms with Crippen LogP contribution in [0.3, 0.4) is 0 Å². The first-order valence-corrected chi connectivity index (χ1v) is 11.4. The quantitative estimate of drug-likeness (QED) is 0.405. The van der Waals surface area contributed by atoms with Gasteiger partial charge in [-0.1, -0.05) is 30.3 Å². The topological polar surface area (TPSA) is 85.0 Å². The molecule has 2 aromatic heterocycles. The number of nitrogens with one attached hydrogen (secondary N) is 1. The number of rotatable bonds is 6. The number of hydrogen-bond acceptors (Lipinski definition) is 4. The van der Waals surface area contributed by atoms with E-state index in [4.69, 9.17) is 12.2 Å². The molecule has 0 spiro atoms. The number of nitrogens with zero attached hydrogens (tertiary/aromatic N) is 3. The number of aryl methyl sites for hydroxylation is 1. The predicted octanol–water partition coefficient (Wildman–Crippen LogP) is 4.23. The molecule has 0 aliphatic rings. The zero-order valence-electron chi connectivity index (χ0n) is 19.1. The second-order valence-corrected chi connectivity index (χ2v) is 8.29. The fourth-order valence-corrected chi connectivity index (χ4v) is 4.74. The molecule has 34 heavy (non-hydrogen) atoms. The van der Waals surface area contributed by atoms with E-state index in [1.54, 1.807) is 32.9 Å². The molecule has 0 saturated carbocycles. The molecule has 0 fully saturated rings. The van der Waals surface area contributed by atoms with E-state index in [2.05, 4.69) is 5.10 Å². The molecule has 7 nitrogen and oxygen atoms in total. The summed E-state index contributed by atoms with van der Waals surface area (Å²) < 4.78 is 18.2. The number of aromatic hydroxyl groups is 1. The molecule has 4 aromatic rings. The van der Waals surface area contributed by atoms with E-state index in [1.807, 2.05) is 18.2 Å². The van der Waals surface area contributed by atoms with Crippen molar-refractivity contribution in [2.45, 2.75) is 39.8 Å². The van der Waals surface area contributed by atoms with Crippen LogP contribution in [0.5, 0.6) is 5.88 Å². The number of aromatic nitrogens is 4.